The number of carbonyl (C=O) groups excluding carboxylic acids is 3. The number of halogens is 1. The molecule has 0 spiro atoms. The third kappa shape index (κ3) is 4.05. The number of benzene rings is 2. The molecule has 2 aromatic carbocycles. The van der Waals surface area contributed by atoms with Gasteiger partial charge in [-0.25, -0.2) is 12.7 Å². The van der Waals surface area contributed by atoms with Gasteiger partial charge in [-0.1, -0.05) is 23.7 Å². The van der Waals surface area contributed by atoms with Gasteiger partial charge in [-0.15, -0.1) is 0 Å². The van der Waals surface area contributed by atoms with Crippen LogP contribution in [-0.4, -0.2) is 48.1 Å². The van der Waals surface area contributed by atoms with Crippen LogP contribution < -0.4 is 0 Å². The van der Waals surface area contributed by atoms with Gasteiger partial charge in [0.05, 0.1) is 5.56 Å². The molecule has 10 heteroatoms. The number of aromatic nitrogens is 1. The molecule has 3 aromatic rings. The van der Waals surface area contributed by atoms with Crippen molar-refractivity contribution in [2.24, 2.45) is 0 Å². The highest BCUT2D eigenvalue weighted by Crippen LogP contribution is 2.29. The summed E-state index contributed by atoms with van der Waals surface area (Å²) in [5.41, 5.74) is 2.64. The number of ketones is 1. The first-order chi connectivity index (χ1) is 15.6. The topological polar surface area (TPSA) is 103 Å². The fourth-order valence-electron chi connectivity index (χ4n) is 3.81. The number of rotatable bonds is 6. The standard InChI is InChI=1S/C23H19ClN2O6S/c1-14-11-19(15(2)26(14)17-9-7-16(24)8-10-17)20(27)13-32-22(28)12-25-23(29)18-5-3-4-6-21(18)33(25,30)31/h3-11H,12-13H2,1-2H3. The Morgan fingerprint density at radius 2 is 1.70 bits per heavy atom. The molecule has 0 unspecified atom stereocenters. The zero-order chi connectivity index (χ0) is 23.9. The summed E-state index contributed by atoms with van der Waals surface area (Å²) in [5.74, 6) is -2.25. The van der Waals surface area contributed by atoms with Crippen LogP contribution in [0.3, 0.4) is 0 Å². The minimum absolute atomic E-state index is 0.00369. The summed E-state index contributed by atoms with van der Waals surface area (Å²) in [7, 11) is -4.14. The summed E-state index contributed by atoms with van der Waals surface area (Å²) in [6, 6.07) is 14.5. The van der Waals surface area contributed by atoms with Crippen molar-refractivity contribution < 1.29 is 27.5 Å². The van der Waals surface area contributed by atoms with Gasteiger partial charge in [-0.3, -0.25) is 14.4 Å². The average molecular weight is 487 g/mol. The summed E-state index contributed by atoms with van der Waals surface area (Å²) < 4.78 is 32.4. The smallest absolute Gasteiger partial charge is 0.327 e. The highest BCUT2D eigenvalue weighted by molar-refractivity contribution is 7.90. The summed E-state index contributed by atoms with van der Waals surface area (Å²) in [6.45, 7) is 2.21. The molecule has 170 valence electrons. The third-order valence-electron chi connectivity index (χ3n) is 5.37. The molecule has 33 heavy (non-hydrogen) atoms. The average Bonchev–Trinajstić information content (AvgIpc) is 3.18. The van der Waals surface area contributed by atoms with Crippen LogP contribution in [0.5, 0.6) is 0 Å². The van der Waals surface area contributed by atoms with Gasteiger partial charge in [0.15, 0.2) is 6.61 Å². The van der Waals surface area contributed by atoms with Crippen molar-refractivity contribution >= 4 is 39.3 Å². The number of aryl methyl sites for hydroxylation is 1. The molecule has 0 saturated heterocycles. The maximum Gasteiger partial charge on any atom is 0.327 e. The number of hydrogen-bond acceptors (Lipinski definition) is 6. The van der Waals surface area contributed by atoms with E-state index in [0.717, 1.165) is 11.4 Å². The molecular formula is C23H19ClN2O6S. The predicted molar refractivity (Wildman–Crippen MR) is 120 cm³/mol. The van der Waals surface area contributed by atoms with Crippen LogP contribution in [0.25, 0.3) is 5.69 Å². The zero-order valence-electron chi connectivity index (χ0n) is 17.7. The predicted octanol–water partition coefficient (Wildman–Crippen LogP) is 3.32. The van der Waals surface area contributed by atoms with Crippen LogP contribution in [0, 0.1) is 13.8 Å². The monoisotopic (exact) mass is 486 g/mol. The lowest BCUT2D eigenvalue weighted by atomic mass is 10.1. The van der Waals surface area contributed by atoms with E-state index in [4.69, 9.17) is 16.3 Å². The van der Waals surface area contributed by atoms with E-state index >= 15 is 0 Å². The quantitative estimate of drug-likeness (QED) is 0.391. The van der Waals surface area contributed by atoms with Crippen molar-refractivity contribution in [2.45, 2.75) is 18.7 Å². The molecule has 0 aliphatic carbocycles. The largest absolute Gasteiger partial charge is 0.456 e. The number of amides is 1. The molecule has 1 amide bonds. The first-order valence-corrected chi connectivity index (χ1v) is 11.7. The Kier molecular flexibility index (Phi) is 5.85. The van der Waals surface area contributed by atoms with Gasteiger partial charge in [-0.05, 0) is 56.3 Å². The molecule has 0 saturated carbocycles. The van der Waals surface area contributed by atoms with Crippen molar-refractivity contribution in [2.75, 3.05) is 13.2 Å². The summed E-state index contributed by atoms with van der Waals surface area (Å²) in [4.78, 5) is 37.2. The molecule has 1 aliphatic rings. The number of ether oxygens (including phenoxy) is 1. The third-order valence-corrected chi connectivity index (χ3v) is 7.40. The van der Waals surface area contributed by atoms with Gasteiger partial charge < -0.3 is 9.30 Å². The molecule has 0 atom stereocenters. The fraction of sp³-hybridized carbons (Fsp3) is 0.174. The minimum Gasteiger partial charge on any atom is -0.456 e. The molecule has 4 rings (SSSR count). The van der Waals surface area contributed by atoms with Crippen molar-refractivity contribution in [3.63, 3.8) is 0 Å². The molecule has 8 nitrogen and oxygen atoms in total. The highest BCUT2D eigenvalue weighted by atomic mass is 35.5. The van der Waals surface area contributed by atoms with Gasteiger partial charge in [0.25, 0.3) is 15.9 Å². The van der Waals surface area contributed by atoms with E-state index in [-0.39, 0.29) is 10.5 Å². The van der Waals surface area contributed by atoms with Gasteiger partial charge in [0.1, 0.15) is 11.4 Å². The number of nitrogens with zero attached hydrogens (tertiary/aromatic N) is 2. The fourth-order valence-corrected chi connectivity index (χ4v) is 5.45. The Morgan fingerprint density at radius 1 is 1.03 bits per heavy atom. The Bertz CT molecular complexity index is 1390. The second-order valence-electron chi connectivity index (χ2n) is 7.49. The molecule has 2 heterocycles. The first-order valence-electron chi connectivity index (χ1n) is 9.91. The van der Waals surface area contributed by atoms with E-state index < -0.39 is 40.8 Å². The van der Waals surface area contributed by atoms with E-state index in [2.05, 4.69) is 0 Å². The molecule has 0 bridgehead atoms. The van der Waals surface area contributed by atoms with Crippen LogP contribution in [0.15, 0.2) is 59.5 Å². The van der Waals surface area contributed by atoms with E-state index in [1.54, 1.807) is 25.1 Å². The van der Waals surface area contributed by atoms with E-state index in [1.165, 1.54) is 24.3 Å². The maximum absolute atomic E-state index is 12.7. The van der Waals surface area contributed by atoms with Gasteiger partial charge >= 0.3 is 5.97 Å². The van der Waals surface area contributed by atoms with Crippen LogP contribution in [0.4, 0.5) is 0 Å². The number of carbonyl (C=O) groups is 3. The summed E-state index contributed by atoms with van der Waals surface area (Å²) in [6.07, 6.45) is 0. The Morgan fingerprint density at radius 3 is 2.36 bits per heavy atom. The Labute approximate surface area is 195 Å². The Hall–Kier alpha value is -3.43. The van der Waals surface area contributed by atoms with Crippen LogP contribution in [0.1, 0.15) is 32.1 Å². The van der Waals surface area contributed by atoms with E-state index in [9.17, 15) is 22.8 Å². The lowest BCUT2D eigenvalue weighted by molar-refractivity contribution is -0.142. The normalized spacial score (nSPS) is 14.3. The number of esters is 1. The van der Waals surface area contributed by atoms with Crippen LogP contribution >= 0.6 is 11.6 Å². The van der Waals surface area contributed by atoms with Crippen molar-refractivity contribution in [3.8, 4) is 5.69 Å². The summed E-state index contributed by atoms with van der Waals surface area (Å²) in [5, 5.41) is 0.589. The lowest BCUT2D eigenvalue weighted by Crippen LogP contribution is -2.36. The number of fused-ring (bicyclic) bond motifs is 1. The summed E-state index contributed by atoms with van der Waals surface area (Å²) >= 11 is 5.95. The van der Waals surface area contributed by atoms with Crippen molar-refractivity contribution in [1.82, 2.24) is 8.87 Å². The number of hydrogen-bond donors (Lipinski definition) is 0. The van der Waals surface area contributed by atoms with Crippen LogP contribution in [0.2, 0.25) is 5.02 Å². The second-order valence-corrected chi connectivity index (χ2v) is 9.76. The maximum atomic E-state index is 12.7. The first kappa shape index (κ1) is 22.8. The molecule has 0 N–H and O–H groups in total. The van der Waals surface area contributed by atoms with E-state index in [0.29, 0.717) is 20.6 Å². The zero-order valence-corrected chi connectivity index (χ0v) is 19.3. The Balaban J connectivity index is 1.45. The van der Waals surface area contributed by atoms with Crippen molar-refractivity contribution in [3.05, 3.63) is 82.1 Å². The second kappa shape index (κ2) is 8.49. The van der Waals surface area contributed by atoms with Gasteiger partial charge in [0, 0.05) is 27.7 Å². The number of Topliss-reactive ketones (excluding diaryl/α,β-unsaturated/α-hetero) is 1. The molecule has 1 aromatic heterocycles. The van der Waals surface area contributed by atoms with Crippen LogP contribution in [-0.2, 0) is 19.6 Å². The van der Waals surface area contributed by atoms with E-state index in [1.807, 2.05) is 23.6 Å². The lowest BCUT2D eigenvalue weighted by Gasteiger charge is -2.14. The number of sulfonamides is 1. The highest BCUT2D eigenvalue weighted by Gasteiger charge is 2.42. The minimum atomic E-state index is -4.14. The van der Waals surface area contributed by atoms with Gasteiger partial charge in [-0.2, -0.15) is 0 Å². The molecule has 0 fully saturated rings. The SMILES string of the molecule is Cc1cc(C(=O)COC(=O)CN2C(=O)c3ccccc3S2(=O)=O)c(C)n1-c1ccc(Cl)cc1. The molecular weight excluding hydrogens is 468 g/mol. The molecule has 1 aliphatic heterocycles. The van der Waals surface area contributed by atoms with Gasteiger partial charge in [0.2, 0.25) is 5.78 Å². The molecule has 0 radical (unpaired) electrons. The van der Waals surface area contributed by atoms with Crippen molar-refractivity contribution in [1.29, 1.82) is 0 Å².